The molecule has 1 rings (SSSR count). The summed E-state index contributed by atoms with van der Waals surface area (Å²) in [7, 11) is 0. The number of hydrogen-bond acceptors (Lipinski definition) is 4. The van der Waals surface area contributed by atoms with Crippen molar-refractivity contribution in [2.24, 2.45) is 0 Å². The van der Waals surface area contributed by atoms with Gasteiger partial charge in [-0.15, -0.1) is 0 Å². The fourth-order valence-electron chi connectivity index (χ4n) is 3.02. The van der Waals surface area contributed by atoms with E-state index >= 15 is 0 Å². The fraction of sp³-hybridized carbons (Fsp3) is 1.00. The van der Waals surface area contributed by atoms with E-state index in [-0.39, 0.29) is 24.6 Å². The Kier molecular flexibility index (Phi) is 12.8. The first-order valence-corrected chi connectivity index (χ1v) is 10.2. The summed E-state index contributed by atoms with van der Waals surface area (Å²) in [6.07, 6.45) is 10.1. The first-order chi connectivity index (χ1) is 11.7. The van der Waals surface area contributed by atoms with Crippen LogP contribution < -0.4 is 0 Å². The van der Waals surface area contributed by atoms with Crippen molar-refractivity contribution in [2.75, 3.05) is 19.8 Å². The second kappa shape index (κ2) is 14.1. The lowest BCUT2D eigenvalue weighted by Gasteiger charge is -2.24. The Balaban J connectivity index is 2.47. The van der Waals surface area contributed by atoms with Crippen LogP contribution in [0.3, 0.4) is 0 Å². The highest BCUT2D eigenvalue weighted by Gasteiger charge is 2.44. The molecule has 0 spiro atoms. The average Bonchev–Trinajstić information content (AvgIpc) is 2.87. The molecule has 0 aliphatic carbocycles. The Morgan fingerprint density at radius 3 is 1.58 bits per heavy atom. The molecule has 1 heterocycles. The SMILES string of the molecule is CCCCCOC1O[C@H](C)[C@@H](OCCCCC)[C@H]1OCCCCC. The number of unbranched alkanes of at least 4 members (excludes halogenated alkanes) is 6. The molecule has 1 fully saturated rings. The molecule has 144 valence electrons. The largest absolute Gasteiger partial charge is 0.373 e. The molecule has 1 unspecified atom stereocenters. The molecule has 0 amide bonds. The summed E-state index contributed by atoms with van der Waals surface area (Å²) in [5, 5.41) is 0. The van der Waals surface area contributed by atoms with Gasteiger partial charge in [-0.25, -0.2) is 0 Å². The van der Waals surface area contributed by atoms with Crippen LogP contribution in [0.5, 0.6) is 0 Å². The summed E-state index contributed by atoms with van der Waals surface area (Å²) in [4.78, 5) is 0. The molecule has 0 bridgehead atoms. The lowest BCUT2D eigenvalue weighted by molar-refractivity contribution is -0.177. The van der Waals surface area contributed by atoms with Crippen LogP contribution in [-0.4, -0.2) is 44.4 Å². The Morgan fingerprint density at radius 1 is 0.625 bits per heavy atom. The fourth-order valence-corrected chi connectivity index (χ4v) is 3.02. The summed E-state index contributed by atoms with van der Waals surface area (Å²) in [5.74, 6) is 0. The van der Waals surface area contributed by atoms with Gasteiger partial charge in [0.05, 0.1) is 6.10 Å². The third kappa shape index (κ3) is 8.28. The predicted molar refractivity (Wildman–Crippen MR) is 98.3 cm³/mol. The van der Waals surface area contributed by atoms with Crippen LogP contribution >= 0.6 is 0 Å². The molecule has 0 N–H and O–H groups in total. The van der Waals surface area contributed by atoms with Crippen molar-refractivity contribution in [2.45, 2.75) is 110 Å². The van der Waals surface area contributed by atoms with Crippen molar-refractivity contribution in [1.82, 2.24) is 0 Å². The first-order valence-electron chi connectivity index (χ1n) is 10.2. The minimum Gasteiger partial charge on any atom is -0.373 e. The summed E-state index contributed by atoms with van der Waals surface area (Å²) in [6, 6.07) is 0. The van der Waals surface area contributed by atoms with Crippen LogP contribution in [0, 0.1) is 0 Å². The monoisotopic (exact) mass is 344 g/mol. The minimum absolute atomic E-state index is 0.0142. The van der Waals surface area contributed by atoms with E-state index in [4.69, 9.17) is 18.9 Å². The van der Waals surface area contributed by atoms with E-state index in [0.29, 0.717) is 0 Å². The van der Waals surface area contributed by atoms with E-state index in [2.05, 4.69) is 27.7 Å². The highest BCUT2D eigenvalue weighted by molar-refractivity contribution is 4.87. The molecule has 0 saturated carbocycles. The molecular weight excluding hydrogens is 304 g/mol. The third-order valence-electron chi connectivity index (χ3n) is 4.55. The summed E-state index contributed by atoms with van der Waals surface area (Å²) < 4.78 is 24.2. The zero-order valence-electron chi connectivity index (χ0n) is 16.4. The van der Waals surface area contributed by atoms with Gasteiger partial charge in [0.25, 0.3) is 0 Å². The Hall–Kier alpha value is -0.160. The maximum Gasteiger partial charge on any atom is 0.186 e. The van der Waals surface area contributed by atoms with Crippen LogP contribution in [0.25, 0.3) is 0 Å². The third-order valence-corrected chi connectivity index (χ3v) is 4.55. The van der Waals surface area contributed by atoms with E-state index in [1.165, 1.54) is 38.5 Å². The van der Waals surface area contributed by atoms with Crippen LogP contribution in [0.1, 0.15) is 85.5 Å². The van der Waals surface area contributed by atoms with Crippen molar-refractivity contribution in [1.29, 1.82) is 0 Å². The molecule has 4 heteroatoms. The van der Waals surface area contributed by atoms with E-state index in [1.807, 2.05) is 0 Å². The molecule has 1 saturated heterocycles. The van der Waals surface area contributed by atoms with Gasteiger partial charge in [0.2, 0.25) is 0 Å². The van der Waals surface area contributed by atoms with Gasteiger partial charge < -0.3 is 18.9 Å². The zero-order chi connectivity index (χ0) is 17.6. The molecule has 1 aliphatic rings. The minimum atomic E-state index is -0.283. The number of hydrogen-bond donors (Lipinski definition) is 0. The number of ether oxygens (including phenoxy) is 4. The standard InChI is InChI=1S/C20H40O4/c1-5-8-11-14-21-18-17(4)24-20(23-16-13-10-7-3)19(18)22-15-12-9-6-2/h17-20H,5-16H2,1-4H3/t17-,18-,19-,20?/m1/s1. The smallest absolute Gasteiger partial charge is 0.186 e. The maximum atomic E-state index is 6.14. The van der Waals surface area contributed by atoms with E-state index in [0.717, 1.165) is 39.1 Å². The summed E-state index contributed by atoms with van der Waals surface area (Å²) in [5.41, 5.74) is 0. The predicted octanol–water partition coefficient (Wildman–Crippen LogP) is 5.09. The number of rotatable bonds is 15. The van der Waals surface area contributed by atoms with Gasteiger partial charge in [-0.05, 0) is 26.2 Å². The highest BCUT2D eigenvalue weighted by Crippen LogP contribution is 2.28. The van der Waals surface area contributed by atoms with Gasteiger partial charge >= 0.3 is 0 Å². The van der Waals surface area contributed by atoms with Gasteiger partial charge in [-0.2, -0.15) is 0 Å². The second-order valence-electron chi connectivity index (χ2n) is 6.87. The quantitative estimate of drug-likeness (QED) is 0.388. The lowest BCUT2D eigenvalue weighted by atomic mass is 10.1. The molecular formula is C20H40O4. The molecule has 24 heavy (non-hydrogen) atoms. The van der Waals surface area contributed by atoms with Crippen LogP contribution in [0.15, 0.2) is 0 Å². The Labute approximate surface area is 149 Å². The Bertz CT molecular complexity index is 285. The van der Waals surface area contributed by atoms with Gasteiger partial charge in [0.15, 0.2) is 6.29 Å². The maximum absolute atomic E-state index is 6.14. The van der Waals surface area contributed by atoms with Crippen molar-refractivity contribution in [3.63, 3.8) is 0 Å². The van der Waals surface area contributed by atoms with Crippen molar-refractivity contribution < 1.29 is 18.9 Å². The highest BCUT2D eigenvalue weighted by atomic mass is 16.7. The molecule has 0 aromatic heterocycles. The van der Waals surface area contributed by atoms with Crippen molar-refractivity contribution >= 4 is 0 Å². The van der Waals surface area contributed by atoms with Gasteiger partial charge in [0, 0.05) is 19.8 Å². The Morgan fingerprint density at radius 2 is 1.08 bits per heavy atom. The first kappa shape index (κ1) is 21.9. The molecule has 0 aromatic carbocycles. The molecule has 0 aromatic rings. The second-order valence-corrected chi connectivity index (χ2v) is 6.87. The average molecular weight is 345 g/mol. The van der Waals surface area contributed by atoms with E-state index in [9.17, 15) is 0 Å². The normalized spacial score (nSPS) is 27.0. The zero-order valence-corrected chi connectivity index (χ0v) is 16.4. The van der Waals surface area contributed by atoms with Crippen molar-refractivity contribution in [3.05, 3.63) is 0 Å². The topological polar surface area (TPSA) is 36.9 Å². The van der Waals surface area contributed by atoms with Crippen LogP contribution in [-0.2, 0) is 18.9 Å². The summed E-state index contributed by atoms with van der Waals surface area (Å²) >= 11 is 0. The summed E-state index contributed by atoms with van der Waals surface area (Å²) in [6.45, 7) is 11.0. The van der Waals surface area contributed by atoms with Gasteiger partial charge in [0.1, 0.15) is 12.2 Å². The van der Waals surface area contributed by atoms with E-state index in [1.54, 1.807) is 0 Å². The van der Waals surface area contributed by atoms with Gasteiger partial charge in [-0.3, -0.25) is 0 Å². The van der Waals surface area contributed by atoms with E-state index < -0.39 is 0 Å². The lowest BCUT2D eigenvalue weighted by Crippen LogP contribution is -2.38. The molecule has 0 radical (unpaired) electrons. The van der Waals surface area contributed by atoms with Gasteiger partial charge in [-0.1, -0.05) is 59.3 Å². The van der Waals surface area contributed by atoms with Crippen LogP contribution in [0.4, 0.5) is 0 Å². The van der Waals surface area contributed by atoms with Crippen LogP contribution in [0.2, 0.25) is 0 Å². The molecule has 1 aliphatic heterocycles. The van der Waals surface area contributed by atoms with Crippen molar-refractivity contribution in [3.8, 4) is 0 Å². The molecule has 4 nitrogen and oxygen atoms in total. The molecule has 4 atom stereocenters.